The van der Waals surface area contributed by atoms with Crippen LogP contribution < -0.4 is 15.5 Å². The van der Waals surface area contributed by atoms with Gasteiger partial charge in [-0.05, 0) is 35.4 Å². The van der Waals surface area contributed by atoms with E-state index < -0.39 is 0 Å². The van der Waals surface area contributed by atoms with E-state index in [1.165, 1.54) is 5.56 Å². The molecule has 3 rings (SSSR count). The Morgan fingerprint density at radius 3 is 2.50 bits per heavy atom. The molecule has 2 aromatic rings. The van der Waals surface area contributed by atoms with Gasteiger partial charge in [-0.1, -0.05) is 35.9 Å². The van der Waals surface area contributed by atoms with Crippen molar-refractivity contribution in [2.75, 3.05) is 38.6 Å². The maximum Gasteiger partial charge on any atom is 0.239 e. The Hall–Kier alpha value is -2.73. The Labute approximate surface area is 171 Å². The first-order valence-electron chi connectivity index (χ1n) is 9.32. The van der Waals surface area contributed by atoms with Gasteiger partial charge in [0, 0.05) is 51.0 Å². The summed E-state index contributed by atoms with van der Waals surface area (Å²) >= 11 is 5.95. The van der Waals surface area contributed by atoms with Crippen LogP contribution in [0.2, 0.25) is 5.02 Å². The summed E-state index contributed by atoms with van der Waals surface area (Å²) in [7, 11) is 3.79. The lowest BCUT2D eigenvalue weighted by Gasteiger charge is -2.28. The van der Waals surface area contributed by atoms with Crippen molar-refractivity contribution in [3.8, 4) is 0 Å². The van der Waals surface area contributed by atoms with Gasteiger partial charge >= 0.3 is 0 Å². The number of rotatable bonds is 5. The normalized spacial score (nSPS) is 14.6. The summed E-state index contributed by atoms with van der Waals surface area (Å²) in [4.78, 5) is 20.1. The Bertz CT molecular complexity index is 820. The second kappa shape index (κ2) is 9.46. The van der Waals surface area contributed by atoms with Crippen molar-refractivity contribution in [1.82, 2.24) is 15.5 Å². The molecule has 1 heterocycles. The van der Waals surface area contributed by atoms with E-state index in [0.29, 0.717) is 19.6 Å². The zero-order valence-corrected chi connectivity index (χ0v) is 17.0. The summed E-state index contributed by atoms with van der Waals surface area (Å²) in [5, 5.41) is 6.98. The van der Waals surface area contributed by atoms with E-state index in [4.69, 9.17) is 11.6 Å². The minimum absolute atomic E-state index is 0.0736. The minimum atomic E-state index is 0.0736. The molecule has 1 fully saturated rings. The van der Waals surface area contributed by atoms with Gasteiger partial charge in [0.1, 0.15) is 0 Å². The summed E-state index contributed by atoms with van der Waals surface area (Å²) in [5.74, 6) is 0.899. The van der Waals surface area contributed by atoms with Crippen molar-refractivity contribution in [3.05, 3.63) is 64.7 Å². The van der Waals surface area contributed by atoms with Crippen molar-refractivity contribution < 1.29 is 4.79 Å². The lowest BCUT2D eigenvalue weighted by Crippen LogP contribution is -2.47. The lowest BCUT2D eigenvalue weighted by atomic mass is 10.2. The summed E-state index contributed by atoms with van der Waals surface area (Å²) in [6, 6.07) is 16.1. The third kappa shape index (κ3) is 5.39. The van der Waals surface area contributed by atoms with Crippen LogP contribution in [-0.2, 0) is 17.9 Å². The van der Waals surface area contributed by atoms with E-state index in [-0.39, 0.29) is 5.91 Å². The van der Waals surface area contributed by atoms with Crippen molar-refractivity contribution in [3.63, 3.8) is 0 Å². The highest BCUT2D eigenvalue weighted by Gasteiger charge is 2.16. The molecule has 0 spiro atoms. The molecule has 0 radical (unpaired) electrons. The fourth-order valence-corrected chi connectivity index (χ4v) is 3.31. The van der Waals surface area contributed by atoms with Gasteiger partial charge in [0.15, 0.2) is 5.96 Å². The van der Waals surface area contributed by atoms with Crippen LogP contribution in [0.15, 0.2) is 53.5 Å². The van der Waals surface area contributed by atoms with Crippen LogP contribution in [0.4, 0.5) is 5.69 Å². The number of nitrogens with zero attached hydrogens (tertiary/aromatic N) is 3. The highest BCUT2D eigenvalue weighted by Crippen LogP contribution is 2.16. The van der Waals surface area contributed by atoms with Crippen molar-refractivity contribution in [2.45, 2.75) is 13.1 Å². The average molecular weight is 400 g/mol. The molecular formula is C21H26ClN5O. The van der Waals surface area contributed by atoms with Gasteiger partial charge in [0.05, 0.1) is 6.54 Å². The lowest BCUT2D eigenvalue weighted by molar-refractivity contribution is -0.120. The van der Waals surface area contributed by atoms with Gasteiger partial charge in [-0.2, -0.15) is 0 Å². The molecule has 0 atom stereocenters. The van der Waals surface area contributed by atoms with Gasteiger partial charge in [0.25, 0.3) is 0 Å². The van der Waals surface area contributed by atoms with Crippen LogP contribution >= 0.6 is 11.6 Å². The first-order chi connectivity index (χ1) is 13.5. The second-order valence-electron chi connectivity index (χ2n) is 6.82. The Balaban J connectivity index is 1.54. The summed E-state index contributed by atoms with van der Waals surface area (Å²) < 4.78 is 0. The number of hydrogen-bond donors (Lipinski definition) is 2. The minimum Gasteiger partial charge on any atom is -0.360 e. The fourth-order valence-electron chi connectivity index (χ4n) is 3.19. The molecule has 1 aliphatic heterocycles. The number of piperazine rings is 1. The molecule has 28 heavy (non-hydrogen) atoms. The molecule has 0 bridgehead atoms. The van der Waals surface area contributed by atoms with Crippen molar-refractivity contribution in [2.24, 2.45) is 4.99 Å². The first-order valence-corrected chi connectivity index (χ1v) is 9.70. The molecule has 1 saturated heterocycles. The molecule has 1 aliphatic rings. The summed E-state index contributed by atoms with van der Waals surface area (Å²) in [5.41, 5.74) is 3.40. The number of carbonyl (C=O) groups is 1. The fraction of sp³-hybridized carbons (Fsp3) is 0.333. The monoisotopic (exact) mass is 399 g/mol. The molecule has 2 N–H and O–H groups in total. The summed E-state index contributed by atoms with van der Waals surface area (Å²) in [6.07, 6.45) is 0. The van der Waals surface area contributed by atoms with Crippen molar-refractivity contribution in [1.29, 1.82) is 0 Å². The molecule has 7 heteroatoms. The zero-order valence-electron chi connectivity index (χ0n) is 16.3. The highest BCUT2D eigenvalue weighted by molar-refractivity contribution is 6.30. The smallest absolute Gasteiger partial charge is 0.239 e. The quantitative estimate of drug-likeness (QED) is 0.599. The maximum absolute atomic E-state index is 11.5. The molecule has 0 aromatic heterocycles. The van der Waals surface area contributed by atoms with Gasteiger partial charge in [0.2, 0.25) is 5.91 Å². The molecule has 1 amide bonds. The topological polar surface area (TPSA) is 60.0 Å². The molecule has 6 nitrogen and oxygen atoms in total. The molecule has 0 unspecified atom stereocenters. The summed E-state index contributed by atoms with van der Waals surface area (Å²) in [6.45, 7) is 3.37. The predicted octanol–water partition coefficient (Wildman–Crippen LogP) is 2.48. The largest absolute Gasteiger partial charge is 0.360 e. The van der Waals surface area contributed by atoms with Gasteiger partial charge in [-0.25, -0.2) is 0 Å². The van der Waals surface area contributed by atoms with E-state index in [1.807, 2.05) is 31.3 Å². The zero-order chi connectivity index (χ0) is 19.9. The number of guanidine groups is 1. The average Bonchev–Trinajstić information content (AvgIpc) is 2.71. The van der Waals surface area contributed by atoms with Crippen LogP contribution in [0.3, 0.4) is 0 Å². The Morgan fingerprint density at radius 2 is 1.86 bits per heavy atom. The number of halogens is 1. The standard InChI is InChI=1S/C21H26ClN5O/c1-23-21(26(2)14-17-3-7-18(22)8-4-17)25-13-16-5-9-19(10-6-16)27-12-11-24-20(28)15-27/h3-10H,11-15H2,1-2H3,(H,23,25)(H,24,28). The maximum atomic E-state index is 11.5. The number of benzene rings is 2. The van der Waals surface area contributed by atoms with Gasteiger partial charge in [-0.3, -0.25) is 9.79 Å². The van der Waals surface area contributed by atoms with Crippen molar-refractivity contribution >= 4 is 29.2 Å². The second-order valence-corrected chi connectivity index (χ2v) is 7.26. The van der Waals surface area contributed by atoms with Crippen LogP contribution in [0.25, 0.3) is 0 Å². The molecule has 2 aromatic carbocycles. The number of carbonyl (C=O) groups excluding carboxylic acids is 1. The number of amides is 1. The van der Waals surface area contributed by atoms with E-state index in [9.17, 15) is 4.79 Å². The van der Waals surface area contributed by atoms with Crippen LogP contribution in [0.5, 0.6) is 0 Å². The van der Waals surface area contributed by atoms with E-state index >= 15 is 0 Å². The number of anilines is 1. The highest BCUT2D eigenvalue weighted by atomic mass is 35.5. The molecular weight excluding hydrogens is 374 g/mol. The predicted molar refractivity (Wildman–Crippen MR) is 115 cm³/mol. The third-order valence-electron chi connectivity index (χ3n) is 4.70. The van der Waals surface area contributed by atoms with Gasteiger partial charge in [-0.15, -0.1) is 0 Å². The first kappa shape index (κ1) is 20.0. The van der Waals surface area contributed by atoms with Crippen LogP contribution in [0, 0.1) is 0 Å². The SMILES string of the molecule is CN=C(NCc1ccc(N2CCNC(=O)C2)cc1)N(C)Cc1ccc(Cl)cc1. The van der Waals surface area contributed by atoms with E-state index in [2.05, 4.69) is 49.7 Å². The Kier molecular flexibility index (Phi) is 6.76. The van der Waals surface area contributed by atoms with Crippen LogP contribution in [0.1, 0.15) is 11.1 Å². The third-order valence-corrected chi connectivity index (χ3v) is 4.95. The van der Waals surface area contributed by atoms with Crippen LogP contribution in [-0.4, -0.2) is 50.5 Å². The molecule has 0 aliphatic carbocycles. The molecule has 148 valence electrons. The molecule has 0 saturated carbocycles. The van der Waals surface area contributed by atoms with E-state index in [0.717, 1.165) is 35.3 Å². The number of hydrogen-bond acceptors (Lipinski definition) is 3. The Morgan fingerprint density at radius 1 is 1.18 bits per heavy atom. The number of aliphatic imine (C=N–C) groups is 1. The van der Waals surface area contributed by atoms with Gasteiger partial charge < -0.3 is 20.4 Å². The van der Waals surface area contributed by atoms with E-state index in [1.54, 1.807) is 7.05 Å². The number of nitrogens with one attached hydrogen (secondary N) is 2.